The Morgan fingerprint density at radius 2 is 0.701 bits per heavy atom. The molecule has 0 fully saturated rings. The third-order valence-electron chi connectivity index (χ3n) is 15.2. The van der Waals surface area contributed by atoms with Gasteiger partial charge in [-0.1, -0.05) is 301 Å². The van der Waals surface area contributed by atoms with E-state index in [2.05, 4.69) is 38.2 Å². The zero-order valence-electron chi connectivity index (χ0n) is 51.9. The number of carbonyl (C=O) groups excluding carboxylic acids is 3. The second-order valence-electron chi connectivity index (χ2n) is 24.1. The minimum atomic E-state index is -1.62. The van der Waals surface area contributed by atoms with Gasteiger partial charge in [-0.3, -0.25) is 9.59 Å². The highest BCUT2D eigenvalue weighted by atomic mass is 16.7. The van der Waals surface area contributed by atoms with Crippen molar-refractivity contribution in [2.24, 2.45) is 0 Å². The molecule has 0 aromatic carbocycles. The SMILES string of the molecule is CCCCCCC/C=C\C/C=C\CCCCCCCCCCCCCCCCCCCCCC(=O)OC(COC(=O)CCCCCCCCCCCCCCCCCCCCCCC)COC(OCC[N+](C)(C)C)C(=O)[O-]. The number of likely N-dealkylation sites (N-methyl/N-ethyl adjacent to an activating group) is 1. The summed E-state index contributed by atoms with van der Waals surface area (Å²) < 4.78 is 22.8. The third-order valence-corrected chi connectivity index (χ3v) is 15.2. The molecule has 2 unspecified atom stereocenters. The van der Waals surface area contributed by atoms with Crippen LogP contribution in [-0.4, -0.2) is 82.3 Å². The number of nitrogens with zero attached hydrogens (tertiary/aromatic N) is 1. The Balaban J connectivity index is 4.08. The van der Waals surface area contributed by atoms with Crippen LogP contribution in [0.4, 0.5) is 0 Å². The Morgan fingerprint density at radius 3 is 1.03 bits per heavy atom. The number of hydrogen-bond acceptors (Lipinski definition) is 8. The monoisotopic (exact) mass is 1090 g/mol. The summed E-state index contributed by atoms with van der Waals surface area (Å²) in [5.74, 6) is -2.25. The molecule has 0 saturated carbocycles. The number of aliphatic carboxylic acids is 1. The average molecular weight is 1090 g/mol. The van der Waals surface area contributed by atoms with Crippen molar-refractivity contribution in [1.82, 2.24) is 0 Å². The fourth-order valence-corrected chi connectivity index (χ4v) is 10.0. The number of rotatable bonds is 63. The fraction of sp³-hybridized carbons (Fsp3) is 0.897. The highest BCUT2D eigenvalue weighted by Crippen LogP contribution is 2.18. The summed E-state index contributed by atoms with van der Waals surface area (Å²) in [4.78, 5) is 37.4. The van der Waals surface area contributed by atoms with Gasteiger partial charge in [0.1, 0.15) is 13.2 Å². The van der Waals surface area contributed by atoms with Crippen molar-refractivity contribution in [2.45, 2.75) is 347 Å². The molecule has 9 heteroatoms. The zero-order chi connectivity index (χ0) is 56.2. The van der Waals surface area contributed by atoms with E-state index in [1.165, 1.54) is 263 Å². The van der Waals surface area contributed by atoms with Crippen LogP contribution in [-0.2, 0) is 33.3 Å². The largest absolute Gasteiger partial charge is 0.545 e. The van der Waals surface area contributed by atoms with E-state index in [0.29, 0.717) is 17.4 Å². The molecule has 0 rings (SSSR count). The molecular weight excluding hydrogens is 959 g/mol. The van der Waals surface area contributed by atoms with Crippen LogP contribution < -0.4 is 5.11 Å². The second-order valence-corrected chi connectivity index (χ2v) is 24.1. The Labute approximate surface area is 478 Å². The van der Waals surface area contributed by atoms with Gasteiger partial charge in [0, 0.05) is 12.8 Å². The van der Waals surface area contributed by atoms with E-state index in [4.69, 9.17) is 18.9 Å². The van der Waals surface area contributed by atoms with E-state index in [-0.39, 0.29) is 32.2 Å². The molecule has 0 aliphatic heterocycles. The molecule has 0 aromatic rings. The van der Waals surface area contributed by atoms with Crippen LogP contribution >= 0.6 is 0 Å². The second kappa shape index (κ2) is 59.9. The number of carboxylic acids is 1. The summed E-state index contributed by atoms with van der Waals surface area (Å²) in [6.45, 7) is 4.81. The van der Waals surface area contributed by atoms with Crippen LogP contribution in [0.1, 0.15) is 335 Å². The molecule has 2 atom stereocenters. The Hall–Kier alpha value is -2.23. The van der Waals surface area contributed by atoms with Gasteiger partial charge < -0.3 is 33.3 Å². The van der Waals surface area contributed by atoms with E-state index in [0.717, 1.165) is 44.9 Å². The van der Waals surface area contributed by atoms with Crippen molar-refractivity contribution >= 4 is 17.9 Å². The molecule has 77 heavy (non-hydrogen) atoms. The van der Waals surface area contributed by atoms with Crippen LogP contribution in [0.3, 0.4) is 0 Å². The minimum absolute atomic E-state index is 0.152. The molecule has 0 aliphatic carbocycles. The molecule has 9 nitrogen and oxygen atoms in total. The lowest BCUT2D eigenvalue weighted by molar-refractivity contribution is -0.870. The molecule has 0 radical (unpaired) electrons. The maximum absolute atomic E-state index is 12.9. The van der Waals surface area contributed by atoms with Crippen LogP contribution in [0.2, 0.25) is 0 Å². The van der Waals surface area contributed by atoms with Crippen LogP contribution in [0.25, 0.3) is 0 Å². The fourth-order valence-electron chi connectivity index (χ4n) is 10.0. The van der Waals surface area contributed by atoms with Gasteiger partial charge in [0.05, 0.1) is 40.3 Å². The number of allylic oxidation sites excluding steroid dienone is 4. The van der Waals surface area contributed by atoms with Gasteiger partial charge in [-0.2, -0.15) is 0 Å². The quantitative estimate of drug-likeness (QED) is 0.0195. The van der Waals surface area contributed by atoms with Crippen LogP contribution in [0.5, 0.6) is 0 Å². The molecular formula is C68H129NO8. The normalized spacial score (nSPS) is 12.8. The van der Waals surface area contributed by atoms with Gasteiger partial charge >= 0.3 is 11.9 Å². The van der Waals surface area contributed by atoms with Gasteiger partial charge in [0.15, 0.2) is 12.4 Å². The summed E-state index contributed by atoms with van der Waals surface area (Å²) in [5.41, 5.74) is 0. The molecule has 0 amide bonds. The summed E-state index contributed by atoms with van der Waals surface area (Å²) in [6.07, 6.45) is 69.7. The molecule has 0 N–H and O–H groups in total. The van der Waals surface area contributed by atoms with E-state index < -0.39 is 24.3 Å². The lowest BCUT2D eigenvalue weighted by Gasteiger charge is -2.26. The predicted molar refractivity (Wildman–Crippen MR) is 325 cm³/mol. The van der Waals surface area contributed by atoms with Crippen molar-refractivity contribution in [3.05, 3.63) is 24.3 Å². The molecule has 0 bridgehead atoms. The predicted octanol–water partition coefficient (Wildman–Crippen LogP) is 18.9. The van der Waals surface area contributed by atoms with Crippen molar-refractivity contribution in [2.75, 3.05) is 47.5 Å². The summed E-state index contributed by atoms with van der Waals surface area (Å²) in [6, 6.07) is 0. The highest BCUT2D eigenvalue weighted by Gasteiger charge is 2.22. The maximum atomic E-state index is 12.9. The van der Waals surface area contributed by atoms with Gasteiger partial charge in [0.25, 0.3) is 0 Å². The third kappa shape index (κ3) is 61.2. The number of carboxylic acid groups (broad SMARTS) is 1. The lowest BCUT2D eigenvalue weighted by Crippen LogP contribution is -2.44. The first-order valence-corrected chi connectivity index (χ1v) is 33.5. The van der Waals surface area contributed by atoms with E-state index in [9.17, 15) is 19.5 Å². The first-order chi connectivity index (χ1) is 37.6. The molecule has 0 heterocycles. The molecule has 0 aromatic heterocycles. The molecule has 0 spiro atoms. The number of carbonyl (C=O) groups is 3. The van der Waals surface area contributed by atoms with E-state index in [1.54, 1.807) is 0 Å². The van der Waals surface area contributed by atoms with Gasteiger partial charge in [-0.15, -0.1) is 0 Å². The topological polar surface area (TPSA) is 111 Å². The van der Waals surface area contributed by atoms with Gasteiger partial charge in [-0.25, -0.2) is 0 Å². The minimum Gasteiger partial charge on any atom is -0.545 e. The van der Waals surface area contributed by atoms with Gasteiger partial charge in [0.2, 0.25) is 0 Å². The average Bonchev–Trinajstić information content (AvgIpc) is 3.40. The van der Waals surface area contributed by atoms with E-state index in [1.807, 2.05) is 21.1 Å². The van der Waals surface area contributed by atoms with Gasteiger partial charge in [-0.05, 0) is 44.9 Å². The van der Waals surface area contributed by atoms with Crippen molar-refractivity contribution in [1.29, 1.82) is 0 Å². The first-order valence-electron chi connectivity index (χ1n) is 33.5. The smallest absolute Gasteiger partial charge is 0.306 e. The Morgan fingerprint density at radius 1 is 0.390 bits per heavy atom. The molecule has 0 saturated heterocycles. The molecule has 454 valence electrons. The highest BCUT2D eigenvalue weighted by molar-refractivity contribution is 5.70. The number of unbranched alkanes of at least 4 members (excludes halogenated alkanes) is 44. The number of ether oxygens (including phenoxy) is 4. The Kier molecular flexibility index (Phi) is 58.1. The summed E-state index contributed by atoms with van der Waals surface area (Å²) >= 11 is 0. The van der Waals surface area contributed by atoms with Crippen molar-refractivity contribution < 1.29 is 42.9 Å². The summed E-state index contributed by atoms with van der Waals surface area (Å²) in [7, 11) is 5.94. The van der Waals surface area contributed by atoms with Crippen LogP contribution in [0.15, 0.2) is 24.3 Å². The molecule has 0 aliphatic rings. The lowest BCUT2D eigenvalue weighted by atomic mass is 10.0. The van der Waals surface area contributed by atoms with E-state index >= 15 is 0 Å². The number of quaternary nitrogens is 1. The number of hydrogen-bond donors (Lipinski definition) is 0. The maximum Gasteiger partial charge on any atom is 0.306 e. The van der Waals surface area contributed by atoms with Crippen molar-refractivity contribution in [3.8, 4) is 0 Å². The summed E-state index contributed by atoms with van der Waals surface area (Å²) in [5, 5.41) is 11.8. The van der Waals surface area contributed by atoms with Crippen molar-refractivity contribution in [3.63, 3.8) is 0 Å². The number of esters is 2. The Bertz CT molecular complexity index is 1310. The zero-order valence-corrected chi connectivity index (χ0v) is 51.9. The van der Waals surface area contributed by atoms with Crippen LogP contribution in [0, 0.1) is 0 Å². The standard InChI is InChI=1S/C68H129NO8/c1-6-8-10-12-14-16-18-20-22-24-26-28-29-30-31-32-33-34-35-36-37-39-41-43-45-47-49-51-53-55-57-59-66(71)77-64(63-76-68(67(72)73)74-61-60-69(3,4)5)62-75-65(70)58-56-54-52-50-48-46-44-42-40-38-27-25-23-21-19-17-15-13-11-9-7-2/h18,20,24,26,64,68H,6-17,19,21-23,25,27-63H2,1-5H3/b20-18-,26-24-. The first kappa shape index (κ1) is 74.8.